The number of hydrogen-bond acceptors (Lipinski definition) is 7. The van der Waals surface area contributed by atoms with Gasteiger partial charge in [0.2, 0.25) is 10.0 Å². The molecule has 8 nitrogen and oxygen atoms in total. The first-order valence-corrected chi connectivity index (χ1v) is 13.1. The fourth-order valence-electron chi connectivity index (χ4n) is 3.87. The van der Waals surface area contributed by atoms with Crippen molar-refractivity contribution in [2.45, 2.75) is 21.9 Å². The molecule has 1 aliphatic heterocycles. The minimum atomic E-state index is -4.00. The fraction of sp³-hybridized carbons (Fsp3) is 0.227. The zero-order valence-corrected chi connectivity index (χ0v) is 18.9. The van der Waals surface area contributed by atoms with Gasteiger partial charge in [0.1, 0.15) is 5.52 Å². The fourth-order valence-corrected chi connectivity index (χ4v) is 6.63. The van der Waals surface area contributed by atoms with Gasteiger partial charge in [0.05, 0.1) is 9.79 Å². The molecule has 0 amide bonds. The number of sulfonamides is 1. The van der Waals surface area contributed by atoms with Crippen LogP contribution < -0.4 is 5.32 Å². The molecule has 0 aliphatic carbocycles. The first kappa shape index (κ1) is 21.1. The Balaban J connectivity index is 1.72. The summed E-state index contributed by atoms with van der Waals surface area (Å²) in [5.74, 6) is 0. The summed E-state index contributed by atoms with van der Waals surface area (Å²) >= 11 is 0. The number of fused-ring (bicyclic) bond motifs is 3. The van der Waals surface area contributed by atoms with Crippen molar-refractivity contribution in [2.24, 2.45) is 0 Å². The van der Waals surface area contributed by atoms with Gasteiger partial charge in [-0.1, -0.05) is 42.0 Å². The highest BCUT2D eigenvalue weighted by Gasteiger charge is 2.31. The average molecular weight is 472 g/mol. The van der Waals surface area contributed by atoms with Gasteiger partial charge in [-0.25, -0.2) is 16.8 Å². The van der Waals surface area contributed by atoms with Gasteiger partial charge in [-0.3, -0.25) is 0 Å². The van der Waals surface area contributed by atoms with Crippen LogP contribution in [0.25, 0.3) is 21.9 Å². The first-order valence-electron chi connectivity index (χ1n) is 10.1. The Bertz CT molecular complexity index is 1540. The van der Waals surface area contributed by atoms with Crippen molar-refractivity contribution in [1.29, 1.82) is 0 Å². The number of rotatable bonds is 4. The van der Waals surface area contributed by atoms with Crippen LogP contribution in [-0.4, -0.2) is 52.3 Å². The maximum atomic E-state index is 13.4. The highest BCUT2D eigenvalue weighted by atomic mass is 32.2. The molecule has 1 saturated heterocycles. The Morgan fingerprint density at radius 3 is 2.28 bits per heavy atom. The van der Waals surface area contributed by atoms with Crippen LogP contribution in [0.3, 0.4) is 0 Å². The second kappa shape index (κ2) is 7.66. The summed E-state index contributed by atoms with van der Waals surface area (Å²) in [7, 11) is -7.81. The van der Waals surface area contributed by atoms with Crippen molar-refractivity contribution >= 4 is 41.7 Å². The molecule has 10 heteroatoms. The van der Waals surface area contributed by atoms with E-state index in [0.717, 1.165) is 5.56 Å². The van der Waals surface area contributed by atoms with E-state index in [0.29, 0.717) is 42.5 Å². The third kappa shape index (κ3) is 3.39. The lowest BCUT2D eigenvalue weighted by molar-refractivity contribution is 0.360. The molecule has 166 valence electrons. The van der Waals surface area contributed by atoms with Crippen molar-refractivity contribution in [3.8, 4) is 0 Å². The molecular formula is C22H21N3O5S2. The van der Waals surface area contributed by atoms with Crippen LogP contribution in [0.15, 0.2) is 74.0 Å². The van der Waals surface area contributed by atoms with Crippen LogP contribution in [0.2, 0.25) is 0 Å². The first-order chi connectivity index (χ1) is 15.3. The van der Waals surface area contributed by atoms with Crippen LogP contribution in [0.4, 0.5) is 0 Å². The topological polar surface area (TPSA) is 110 Å². The van der Waals surface area contributed by atoms with Crippen molar-refractivity contribution < 1.29 is 21.3 Å². The molecule has 1 aliphatic rings. The number of aryl methyl sites for hydroxylation is 1. The summed E-state index contributed by atoms with van der Waals surface area (Å²) in [6.45, 7) is 3.72. The largest absolute Gasteiger partial charge is 0.428 e. The third-order valence-corrected chi connectivity index (χ3v) is 9.06. The highest BCUT2D eigenvalue weighted by molar-refractivity contribution is 7.91. The van der Waals surface area contributed by atoms with Crippen molar-refractivity contribution in [1.82, 2.24) is 14.6 Å². The minimum absolute atomic E-state index is 0.0626. The van der Waals surface area contributed by atoms with Crippen LogP contribution >= 0.6 is 0 Å². The molecule has 5 rings (SSSR count). The van der Waals surface area contributed by atoms with Crippen LogP contribution in [-0.2, 0) is 19.9 Å². The van der Waals surface area contributed by atoms with Gasteiger partial charge in [0.15, 0.2) is 5.58 Å². The number of aromatic nitrogens is 1. The number of piperazine rings is 1. The standard InChI is InChI=1S/C22H21N3O5S2/c1-15-6-8-16(9-7-15)31(26,27)22-24-21-18-5-3-2-4-17(18)20(14-19(21)30-22)32(28,29)25-12-10-23-11-13-25/h2-9,14,23H,10-13H2,1H3. The molecule has 3 aromatic carbocycles. The predicted octanol–water partition coefficient (Wildman–Crippen LogP) is 2.72. The summed E-state index contributed by atoms with van der Waals surface area (Å²) in [6.07, 6.45) is 0. The number of nitrogens with zero attached hydrogens (tertiary/aromatic N) is 2. The summed E-state index contributed by atoms with van der Waals surface area (Å²) in [5.41, 5.74) is 1.35. The SMILES string of the molecule is Cc1ccc(S(=O)(=O)c2nc3c(cc(S(=O)(=O)N4CCNCC4)c4ccccc43)o2)cc1. The molecule has 0 spiro atoms. The lowest BCUT2D eigenvalue weighted by Gasteiger charge is -2.27. The summed E-state index contributed by atoms with van der Waals surface area (Å²) in [4.78, 5) is 4.42. The van der Waals surface area contributed by atoms with E-state index < -0.39 is 25.1 Å². The number of oxazole rings is 1. The Hall–Kier alpha value is -2.79. The molecule has 0 saturated carbocycles. The van der Waals surface area contributed by atoms with E-state index in [1.54, 1.807) is 36.4 Å². The van der Waals surface area contributed by atoms with E-state index in [1.165, 1.54) is 22.5 Å². The number of nitrogens with one attached hydrogen (secondary N) is 1. The van der Waals surface area contributed by atoms with Crippen LogP contribution in [0.5, 0.6) is 0 Å². The van der Waals surface area contributed by atoms with Crippen LogP contribution in [0.1, 0.15) is 5.56 Å². The number of benzene rings is 3. The molecule has 2 heterocycles. The molecule has 0 bridgehead atoms. The van der Waals surface area contributed by atoms with E-state index in [1.807, 2.05) is 6.92 Å². The summed E-state index contributed by atoms with van der Waals surface area (Å²) in [5, 5.41) is 3.68. The lowest BCUT2D eigenvalue weighted by Crippen LogP contribution is -2.46. The minimum Gasteiger partial charge on any atom is -0.428 e. The summed E-state index contributed by atoms with van der Waals surface area (Å²) < 4.78 is 60.1. The van der Waals surface area contributed by atoms with E-state index in [2.05, 4.69) is 10.3 Å². The quantitative estimate of drug-likeness (QED) is 0.487. The molecule has 0 radical (unpaired) electrons. The van der Waals surface area contributed by atoms with Gasteiger partial charge in [-0.15, -0.1) is 0 Å². The molecule has 0 atom stereocenters. The highest BCUT2D eigenvalue weighted by Crippen LogP contribution is 2.35. The smallest absolute Gasteiger partial charge is 0.321 e. The second-order valence-electron chi connectivity index (χ2n) is 7.72. The van der Waals surface area contributed by atoms with Crippen molar-refractivity contribution in [3.05, 3.63) is 60.2 Å². The number of sulfone groups is 1. The lowest BCUT2D eigenvalue weighted by atomic mass is 10.1. The Labute approximate surface area is 185 Å². The molecule has 1 fully saturated rings. The molecule has 32 heavy (non-hydrogen) atoms. The van der Waals surface area contributed by atoms with Crippen molar-refractivity contribution in [3.63, 3.8) is 0 Å². The van der Waals surface area contributed by atoms with Crippen molar-refractivity contribution in [2.75, 3.05) is 26.2 Å². The van der Waals surface area contributed by atoms with Crippen LogP contribution in [0, 0.1) is 6.92 Å². The van der Waals surface area contributed by atoms with Gasteiger partial charge in [-0.2, -0.15) is 9.29 Å². The van der Waals surface area contributed by atoms with E-state index in [-0.39, 0.29) is 15.4 Å². The zero-order chi connectivity index (χ0) is 22.5. The number of hydrogen-bond donors (Lipinski definition) is 1. The molecule has 0 unspecified atom stereocenters. The second-order valence-corrected chi connectivity index (χ2v) is 11.5. The predicted molar refractivity (Wildman–Crippen MR) is 120 cm³/mol. The van der Waals surface area contributed by atoms with E-state index in [4.69, 9.17) is 4.42 Å². The zero-order valence-electron chi connectivity index (χ0n) is 17.3. The van der Waals surface area contributed by atoms with E-state index in [9.17, 15) is 16.8 Å². The molecular weight excluding hydrogens is 450 g/mol. The maximum Gasteiger partial charge on any atom is 0.321 e. The molecule has 1 N–H and O–H groups in total. The Kier molecular flexibility index (Phi) is 5.05. The van der Waals surface area contributed by atoms with Gasteiger partial charge in [0, 0.05) is 43.0 Å². The van der Waals surface area contributed by atoms with Gasteiger partial charge >= 0.3 is 5.22 Å². The molecule has 1 aromatic heterocycles. The van der Waals surface area contributed by atoms with E-state index >= 15 is 0 Å². The monoisotopic (exact) mass is 471 g/mol. The third-order valence-electron chi connectivity index (χ3n) is 5.60. The normalized spacial score (nSPS) is 16.0. The summed E-state index contributed by atoms with van der Waals surface area (Å²) in [6, 6.07) is 14.7. The maximum absolute atomic E-state index is 13.4. The van der Waals surface area contributed by atoms with Gasteiger partial charge < -0.3 is 9.73 Å². The molecule has 4 aromatic rings. The van der Waals surface area contributed by atoms with Gasteiger partial charge in [-0.05, 0) is 19.1 Å². The van der Waals surface area contributed by atoms with Gasteiger partial charge in [0.25, 0.3) is 9.84 Å². The average Bonchev–Trinajstić information content (AvgIpc) is 3.25. The Morgan fingerprint density at radius 2 is 1.59 bits per heavy atom. The Morgan fingerprint density at radius 1 is 0.938 bits per heavy atom.